The second-order valence-electron chi connectivity index (χ2n) is 8.60. The number of benzene rings is 2. The first kappa shape index (κ1) is 18.3. The van der Waals surface area contributed by atoms with Crippen molar-refractivity contribution in [1.82, 2.24) is 10.2 Å². The predicted molar refractivity (Wildman–Crippen MR) is 109 cm³/mol. The number of rotatable bonds is 4. The van der Waals surface area contributed by atoms with Gasteiger partial charge in [-0.2, -0.15) is 0 Å². The molecule has 0 aromatic heterocycles. The van der Waals surface area contributed by atoms with Crippen LogP contribution in [-0.2, 0) is 11.2 Å². The topological polar surface area (TPSA) is 24.5 Å². The zero-order valence-electron chi connectivity index (χ0n) is 16.5. The molecule has 28 heavy (non-hydrogen) atoms. The summed E-state index contributed by atoms with van der Waals surface area (Å²) in [6, 6.07) is 15.8. The molecule has 2 aromatic rings. The highest BCUT2D eigenvalue weighted by Gasteiger charge is 2.42. The van der Waals surface area contributed by atoms with E-state index in [1.54, 1.807) is 12.1 Å². The van der Waals surface area contributed by atoms with E-state index < -0.39 is 0 Å². The third kappa shape index (κ3) is 3.28. The molecule has 3 nitrogen and oxygen atoms in total. The highest BCUT2D eigenvalue weighted by atomic mass is 19.1. The first-order chi connectivity index (χ1) is 13.7. The Morgan fingerprint density at radius 3 is 2.50 bits per heavy atom. The summed E-state index contributed by atoms with van der Waals surface area (Å²) in [6.45, 7) is 5.32. The summed E-state index contributed by atoms with van der Waals surface area (Å²) in [5, 5.41) is 3.55. The Morgan fingerprint density at radius 2 is 1.75 bits per heavy atom. The number of ether oxygens (including phenoxy) is 1. The van der Waals surface area contributed by atoms with Crippen molar-refractivity contribution < 1.29 is 9.13 Å². The van der Waals surface area contributed by atoms with Crippen LogP contribution in [0.1, 0.15) is 42.5 Å². The minimum atomic E-state index is -0.185. The Labute approximate surface area is 166 Å². The fourth-order valence-electron chi connectivity index (χ4n) is 5.55. The Morgan fingerprint density at radius 1 is 1.04 bits per heavy atom. The zero-order chi connectivity index (χ0) is 19.1. The van der Waals surface area contributed by atoms with Crippen molar-refractivity contribution in [3.05, 3.63) is 71.0 Å². The number of nitrogens with one attached hydrogen (secondary N) is 1. The molecule has 4 heteroatoms. The van der Waals surface area contributed by atoms with E-state index in [-0.39, 0.29) is 18.1 Å². The van der Waals surface area contributed by atoms with Gasteiger partial charge in [-0.3, -0.25) is 4.90 Å². The third-order valence-corrected chi connectivity index (χ3v) is 6.98. The molecular formula is C24H29FN2O. The van der Waals surface area contributed by atoms with E-state index in [2.05, 4.69) is 41.4 Å². The molecule has 1 N–H and O–H groups in total. The first-order valence-corrected chi connectivity index (χ1v) is 10.7. The highest BCUT2D eigenvalue weighted by Crippen LogP contribution is 2.40. The average Bonchev–Trinajstić information content (AvgIpc) is 2.94. The zero-order valence-corrected chi connectivity index (χ0v) is 16.5. The molecule has 0 radical (unpaired) electrons. The molecular weight excluding hydrogens is 351 g/mol. The smallest absolute Gasteiger partial charge is 0.123 e. The van der Waals surface area contributed by atoms with Crippen LogP contribution in [0.4, 0.5) is 4.39 Å². The molecule has 148 valence electrons. The van der Waals surface area contributed by atoms with Gasteiger partial charge in [0.1, 0.15) is 12.0 Å². The van der Waals surface area contributed by atoms with Gasteiger partial charge < -0.3 is 10.1 Å². The maximum Gasteiger partial charge on any atom is 0.123 e. The molecule has 0 amide bonds. The van der Waals surface area contributed by atoms with Crippen molar-refractivity contribution in [3.8, 4) is 0 Å². The predicted octanol–water partition coefficient (Wildman–Crippen LogP) is 4.13. The average molecular weight is 381 g/mol. The largest absolute Gasteiger partial charge is 0.360 e. The van der Waals surface area contributed by atoms with Crippen LogP contribution in [-0.4, -0.2) is 36.9 Å². The van der Waals surface area contributed by atoms with E-state index in [1.165, 1.54) is 24.0 Å². The highest BCUT2D eigenvalue weighted by molar-refractivity contribution is 5.39. The number of hydrogen-bond acceptors (Lipinski definition) is 3. The van der Waals surface area contributed by atoms with Gasteiger partial charge in [-0.05, 0) is 66.8 Å². The SMILES string of the molecule is CC(OC1C2CCC1CNC2)N1CCc2ccccc2[C@@H]1c1ccc(F)cc1. The minimum absolute atomic E-state index is 0.0367. The van der Waals surface area contributed by atoms with Gasteiger partial charge in [0.2, 0.25) is 0 Å². The van der Waals surface area contributed by atoms with Crippen molar-refractivity contribution in [1.29, 1.82) is 0 Å². The Hall–Kier alpha value is -1.75. The quantitative estimate of drug-likeness (QED) is 0.863. The Bertz CT molecular complexity index is 808. The summed E-state index contributed by atoms with van der Waals surface area (Å²) in [4.78, 5) is 2.47. The fourth-order valence-corrected chi connectivity index (χ4v) is 5.55. The van der Waals surface area contributed by atoms with Crippen LogP contribution in [0.5, 0.6) is 0 Å². The van der Waals surface area contributed by atoms with Crippen LogP contribution in [0.25, 0.3) is 0 Å². The molecule has 2 fully saturated rings. The van der Waals surface area contributed by atoms with Gasteiger partial charge >= 0.3 is 0 Å². The lowest BCUT2D eigenvalue weighted by atomic mass is 9.88. The van der Waals surface area contributed by atoms with E-state index in [1.807, 2.05) is 12.1 Å². The lowest BCUT2D eigenvalue weighted by Gasteiger charge is -2.43. The molecule has 2 aromatic carbocycles. The molecule has 0 spiro atoms. The first-order valence-electron chi connectivity index (χ1n) is 10.7. The third-order valence-electron chi connectivity index (χ3n) is 6.98. The molecule has 1 aliphatic carbocycles. The molecule has 1 saturated heterocycles. The maximum absolute atomic E-state index is 13.6. The van der Waals surface area contributed by atoms with Crippen molar-refractivity contribution in [2.75, 3.05) is 19.6 Å². The van der Waals surface area contributed by atoms with Crippen molar-refractivity contribution >= 4 is 0 Å². The van der Waals surface area contributed by atoms with Gasteiger partial charge in [-0.25, -0.2) is 4.39 Å². The van der Waals surface area contributed by atoms with Crippen LogP contribution in [0.2, 0.25) is 0 Å². The molecule has 3 unspecified atom stereocenters. The molecule has 4 atom stereocenters. The maximum atomic E-state index is 13.6. The van der Waals surface area contributed by atoms with Crippen LogP contribution < -0.4 is 5.32 Å². The lowest BCUT2D eigenvalue weighted by Crippen LogP contribution is -2.49. The second-order valence-corrected chi connectivity index (χ2v) is 8.60. The number of hydrogen-bond donors (Lipinski definition) is 1. The number of fused-ring (bicyclic) bond motifs is 3. The van der Waals surface area contributed by atoms with Crippen LogP contribution >= 0.6 is 0 Å². The van der Waals surface area contributed by atoms with Gasteiger partial charge in [0, 0.05) is 19.6 Å². The summed E-state index contributed by atoms with van der Waals surface area (Å²) < 4.78 is 20.3. The van der Waals surface area contributed by atoms with E-state index in [9.17, 15) is 4.39 Å². The summed E-state index contributed by atoms with van der Waals surface area (Å²) in [5.41, 5.74) is 3.85. The van der Waals surface area contributed by atoms with Gasteiger partial charge in [-0.15, -0.1) is 0 Å². The monoisotopic (exact) mass is 380 g/mol. The molecule has 2 heterocycles. The van der Waals surface area contributed by atoms with E-state index in [0.29, 0.717) is 17.9 Å². The molecule has 2 aliphatic heterocycles. The number of piperidine rings is 1. The van der Waals surface area contributed by atoms with Crippen molar-refractivity contribution in [2.24, 2.45) is 11.8 Å². The van der Waals surface area contributed by atoms with E-state index in [4.69, 9.17) is 4.74 Å². The number of nitrogens with zero attached hydrogens (tertiary/aromatic N) is 1. The molecule has 2 bridgehead atoms. The van der Waals surface area contributed by atoms with E-state index in [0.717, 1.165) is 31.6 Å². The van der Waals surface area contributed by atoms with Gasteiger partial charge in [-0.1, -0.05) is 36.4 Å². The van der Waals surface area contributed by atoms with Crippen molar-refractivity contribution in [3.63, 3.8) is 0 Å². The minimum Gasteiger partial charge on any atom is -0.360 e. The molecule has 1 saturated carbocycles. The fraction of sp³-hybridized carbons (Fsp3) is 0.500. The van der Waals surface area contributed by atoms with Gasteiger partial charge in [0.05, 0.1) is 12.1 Å². The molecule has 3 aliphatic rings. The summed E-state index contributed by atoms with van der Waals surface area (Å²) >= 11 is 0. The van der Waals surface area contributed by atoms with Crippen LogP contribution in [0.15, 0.2) is 48.5 Å². The lowest BCUT2D eigenvalue weighted by molar-refractivity contribution is -0.131. The normalized spacial score (nSPS) is 30.8. The van der Waals surface area contributed by atoms with E-state index >= 15 is 0 Å². The number of halogens is 1. The summed E-state index contributed by atoms with van der Waals surface area (Å²) in [7, 11) is 0. The Kier molecular flexibility index (Phi) is 4.95. The van der Waals surface area contributed by atoms with Gasteiger partial charge in [0.15, 0.2) is 0 Å². The summed E-state index contributed by atoms with van der Waals surface area (Å²) in [6.07, 6.45) is 3.98. The molecule has 5 rings (SSSR count). The van der Waals surface area contributed by atoms with Gasteiger partial charge in [0.25, 0.3) is 0 Å². The summed E-state index contributed by atoms with van der Waals surface area (Å²) in [5.74, 6) is 1.10. The second kappa shape index (κ2) is 7.58. The van der Waals surface area contributed by atoms with Crippen molar-refractivity contribution in [2.45, 2.75) is 44.6 Å². The standard InChI is InChI=1S/C24H29FN2O/c1-16(28-24-19-6-7-20(24)15-26-14-19)27-13-12-17-4-2-3-5-22(17)23(27)18-8-10-21(25)11-9-18/h2-5,8-11,16,19-20,23-24,26H,6-7,12-15H2,1H3/t16?,19?,20?,23-,24?/m0/s1. The van der Waals surface area contributed by atoms with Crippen LogP contribution in [0, 0.1) is 17.7 Å². The Balaban J connectivity index is 1.44. The van der Waals surface area contributed by atoms with Crippen LogP contribution in [0.3, 0.4) is 0 Å².